The molecule has 5 nitrogen and oxygen atoms in total. The van der Waals surface area contributed by atoms with Crippen LogP contribution in [0.1, 0.15) is 52.7 Å². The van der Waals surface area contributed by atoms with Crippen LogP contribution in [0.15, 0.2) is 36.4 Å². The second kappa shape index (κ2) is 8.10. The van der Waals surface area contributed by atoms with Crippen LogP contribution < -0.4 is 5.32 Å². The number of amides is 1. The van der Waals surface area contributed by atoms with Gasteiger partial charge in [-0.05, 0) is 73.2 Å². The summed E-state index contributed by atoms with van der Waals surface area (Å²) in [6.45, 7) is 12.3. The number of likely N-dealkylation sites (tertiary alicyclic amines) is 1. The van der Waals surface area contributed by atoms with Crippen molar-refractivity contribution in [2.75, 3.05) is 25.0 Å². The first-order chi connectivity index (χ1) is 14.2. The molecule has 1 aliphatic carbocycles. The summed E-state index contributed by atoms with van der Waals surface area (Å²) in [6.07, 6.45) is 5.00. The lowest BCUT2D eigenvalue weighted by atomic mass is 9.56. The first kappa shape index (κ1) is 21.0. The highest BCUT2D eigenvalue weighted by Gasteiger charge is 2.51. The zero-order chi connectivity index (χ0) is 21.4. The quantitative estimate of drug-likeness (QED) is 0.749. The van der Waals surface area contributed by atoms with Gasteiger partial charge in [0.2, 0.25) is 5.91 Å². The van der Waals surface area contributed by atoms with E-state index < -0.39 is 0 Å². The average molecular weight is 407 g/mol. The van der Waals surface area contributed by atoms with E-state index >= 15 is 0 Å². The molecule has 4 rings (SSSR count). The summed E-state index contributed by atoms with van der Waals surface area (Å²) in [4.78, 5) is 13.8. The van der Waals surface area contributed by atoms with Gasteiger partial charge in [0.1, 0.15) is 0 Å². The number of nitrogens with one attached hydrogen (secondary N) is 1. The summed E-state index contributed by atoms with van der Waals surface area (Å²) < 4.78 is 0. The van der Waals surface area contributed by atoms with Crippen molar-refractivity contribution >= 4 is 11.6 Å². The van der Waals surface area contributed by atoms with E-state index in [1.54, 1.807) is 0 Å². The molecule has 1 N–H and O–H groups in total. The molecule has 160 valence electrons. The van der Waals surface area contributed by atoms with E-state index in [0.29, 0.717) is 10.8 Å². The minimum atomic E-state index is -0.0656. The Bertz CT molecular complexity index is 869. The molecule has 1 amide bonds. The molecule has 1 saturated carbocycles. The van der Waals surface area contributed by atoms with Gasteiger partial charge in [0.15, 0.2) is 0 Å². The smallest absolute Gasteiger partial charge is 0.221 e. The summed E-state index contributed by atoms with van der Waals surface area (Å²) in [6, 6.07) is 11.9. The molecule has 1 aromatic carbocycles. The summed E-state index contributed by atoms with van der Waals surface area (Å²) in [5, 5.41) is 11.7. The third-order valence-electron chi connectivity index (χ3n) is 6.46. The second-order valence-electron chi connectivity index (χ2n) is 10.7. The minimum absolute atomic E-state index is 0.0656. The number of carbonyl (C=O) groups excluding carboxylic acids is 1. The van der Waals surface area contributed by atoms with Crippen LogP contribution in [0, 0.1) is 16.7 Å². The molecule has 1 aliphatic heterocycles. The predicted octanol–water partition coefficient (Wildman–Crippen LogP) is 4.79. The number of rotatable bonds is 6. The van der Waals surface area contributed by atoms with Gasteiger partial charge >= 0.3 is 0 Å². The van der Waals surface area contributed by atoms with E-state index in [0.717, 1.165) is 35.0 Å². The topological polar surface area (TPSA) is 58.1 Å². The van der Waals surface area contributed by atoms with E-state index in [1.165, 1.54) is 45.8 Å². The van der Waals surface area contributed by atoms with Crippen molar-refractivity contribution in [1.29, 1.82) is 0 Å². The first-order valence-electron chi connectivity index (χ1n) is 11.1. The fourth-order valence-electron chi connectivity index (χ4n) is 4.97. The Hall–Kier alpha value is -2.27. The third kappa shape index (κ3) is 5.07. The molecule has 30 heavy (non-hydrogen) atoms. The molecule has 0 atom stereocenters. The van der Waals surface area contributed by atoms with Crippen molar-refractivity contribution in [3.8, 4) is 11.3 Å². The third-order valence-corrected chi connectivity index (χ3v) is 6.46. The highest BCUT2D eigenvalue weighted by Crippen LogP contribution is 2.52. The van der Waals surface area contributed by atoms with Gasteiger partial charge in [-0.25, -0.2) is 0 Å². The Balaban J connectivity index is 1.23. The number of hydrogen-bond donors (Lipinski definition) is 1. The molecule has 1 saturated heterocycles. The van der Waals surface area contributed by atoms with Gasteiger partial charge in [-0.15, -0.1) is 0 Å². The maximum absolute atomic E-state index is 11.1. The molecule has 2 aliphatic rings. The van der Waals surface area contributed by atoms with Crippen LogP contribution in [0.3, 0.4) is 0 Å². The van der Waals surface area contributed by atoms with Crippen LogP contribution in [-0.2, 0) is 11.2 Å². The number of anilines is 1. The van der Waals surface area contributed by atoms with Crippen molar-refractivity contribution in [1.82, 2.24) is 15.1 Å². The van der Waals surface area contributed by atoms with Gasteiger partial charge in [0, 0.05) is 31.3 Å². The van der Waals surface area contributed by atoms with Crippen LogP contribution in [0.25, 0.3) is 11.3 Å². The molecule has 2 aromatic rings. The first-order valence-corrected chi connectivity index (χ1v) is 11.1. The normalized spacial score (nSPS) is 18.7. The molecule has 5 heteroatoms. The van der Waals surface area contributed by atoms with Crippen molar-refractivity contribution in [2.24, 2.45) is 16.7 Å². The van der Waals surface area contributed by atoms with Crippen LogP contribution in [0.5, 0.6) is 0 Å². The fourth-order valence-corrected chi connectivity index (χ4v) is 4.97. The van der Waals surface area contributed by atoms with Gasteiger partial charge < -0.3 is 10.2 Å². The predicted molar refractivity (Wildman–Crippen MR) is 121 cm³/mol. The van der Waals surface area contributed by atoms with Gasteiger partial charge in [0.05, 0.1) is 11.4 Å². The Morgan fingerprint density at radius 1 is 1.10 bits per heavy atom. The lowest BCUT2D eigenvalue weighted by Gasteiger charge is -2.59. The summed E-state index contributed by atoms with van der Waals surface area (Å²) in [7, 11) is 0. The van der Waals surface area contributed by atoms with Crippen molar-refractivity contribution < 1.29 is 4.79 Å². The monoisotopic (exact) mass is 406 g/mol. The van der Waals surface area contributed by atoms with Gasteiger partial charge in [-0.1, -0.05) is 32.9 Å². The largest absolute Gasteiger partial charge is 0.326 e. The number of nitrogens with zero attached hydrogens (tertiary/aromatic N) is 3. The number of carbonyl (C=O) groups is 1. The number of benzene rings is 1. The van der Waals surface area contributed by atoms with Gasteiger partial charge in [-0.2, -0.15) is 10.2 Å². The van der Waals surface area contributed by atoms with Crippen molar-refractivity contribution in [2.45, 2.75) is 53.4 Å². The Labute approximate surface area is 180 Å². The lowest BCUT2D eigenvalue weighted by Crippen LogP contribution is -2.62. The van der Waals surface area contributed by atoms with Crippen molar-refractivity contribution in [3.05, 3.63) is 42.1 Å². The van der Waals surface area contributed by atoms with Crippen LogP contribution in [-0.4, -0.2) is 40.6 Å². The van der Waals surface area contributed by atoms with E-state index in [9.17, 15) is 4.79 Å². The van der Waals surface area contributed by atoms with Crippen LogP contribution in [0.4, 0.5) is 5.69 Å². The molecule has 0 bridgehead atoms. The van der Waals surface area contributed by atoms with E-state index in [2.05, 4.69) is 53.3 Å². The second-order valence-corrected chi connectivity index (χ2v) is 10.7. The van der Waals surface area contributed by atoms with Crippen molar-refractivity contribution in [3.63, 3.8) is 0 Å². The molecule has 2 heterocycles. The van der Waals surface area contributed by atoms with E-state index in [4.69, 9.17) is 0 Å². The van der Waals surface area contributed by atoms with E-state index in [1.807, 2.05) is 24.3 Å². The summed E-state index contributed by atoms with van der Waals surface area (Å²) >= 11 is 0. The lowest BCUT2D eigenvalue weighted by molar-refractivity contribution is -0.114. The molecule has 1 aromatic heterocycles. The standard InChI is InChI=1S/C25H34N4O/c1-18(30)26-21-7-5-20(6-8-21)23-10-9-22(27-28-23)13-19-14-25(15-19)16-29(17-25)12-11-24(2,3)4/h5-10,19H,11-17H2,1-4H3,(H,26,30). The Morgan fingerprint density at radius 3 is 2.37 bits per heavy atom. The Morgan fingerprint density at radius 2 is 1.80 bits per heavy atom. The van der Waals surface area contributed by atoms with E-state index in [-0.39, 0.29) is 5.91 Å². The highest BCUT2D eigenvalue weighted by atomic mass is 16.1. The maximum atomic E-state index is 11.1. The van der Waals surface area contributed by atoms with Gasteiger partial charge in [-0.3, -0.25) is 4.79 Å². The van der Waals surface area contributed by atoms with Crippen LogP contribution >= 0.6 is 0 Å². The zero-order valence-electron chi connectivity index (χ0n) is 18.7. The molecule has 0 unspecified atom stereocenters. The number of hydrogen-bond acceptors (Lipinski definition) is 4. The zero-order valence-corrected chi connectivity index (χ0v) is 18.7. The molecular weight excluding hydrogens is 372 g/mol. The Kier molecular flexibility index (Phi) is 5.67. The van der Waals surface area contributed by atoms with Gasteiger partial charge in [0.25, 0.3) is 0 Å². The highest BCUT2D eigenvalue weighted by molar-refractivity contribution is 5.88. The molecule has 2 fully saturated rings. The minimum Gasteiger partial charge on any atom is -0.326 e. The maximum Gasteiger partial charge on any atom is 0.221 e. The summed E-state index contributed by atoms with van der Waals surface area (Å²) in [5.41, 5.74) is 4.80. The SMILES string of the molecule is CC(=O)Nc1ccc(-c2ccc(CC3CC4(C3)CN(CCC(C)(C)C)C4)nn2)cc1. The molecule has 1 spiro atoms. The molecular formula is C25H34N4O. The summed E-state index contributed by atoms with van der Waals surface area (Å²) in [5.74, 6) is 0.691. The average Bonchev–Trinajstić information content (AvgIpc) is 2.61. The molecule has 0 radical (unpaired) electrons. The fraction of sp³-hybridized carbons (Fsp3) is 0.560. The number of aromatic nitrogens is 2. The van der Waals surface area contributed by atoms with Crippen LogP contribution in [0.2, 0.25) is 0 Å².